The van der Waals surface area contributed by atoms with Gasteiger partial charge in [-0.05, 0) is 32.9 Å². The lowest BCUT2D eigenvalue weighted by Crippen LogP contribution is -2.36. The second-order valence-electron chi connectivity index (χ2n) is 3.84. The first kappa shape index (κ1) is 11.0. The van der Waals surface area contributed by atoms with E-state index in [9.17, 15) is 4.79 Å². The Labute approximate surface area is 84.9 Å². The summed E-state index contributed by atoms with van der Waals surface area (Å²) in [6.45, 7) is 1.26. The number of nitrogens with one attached hydrogen (secondary N) is 1. The van der Waals surface area contributed by atoms with Crippen molar-refractivity contribution < 1.29 is 4.79 Å². The van der Waals surface area contributed by atoms with Crippen LogP contribution in [-0.4, -0.2) is 37.0 Å². The zero-order valence-corrected chi connectivity index (χ0v) is 8.62. The van der Waals surface area contributed by atoms with Crippen LogP contribution in [0.1, 0.15) is 25.7 Å². The van der Waals surface area contributed by atoms with E-state index in [1.165, 1.54) is 0 Å². The van der Waals surface area contributed by atoms with Crippen LogP contribution >= 0.6 is 0 Å². The molecule has 1 rings (SSSR count). The van der Waals surface area contributed by atoms with E-state index in [2.05, 4.69) is 11.4 Å². The highest BCUT2D eigenvalue weighted by Gasteiger charge is 2.23. The summed E-state index contributed by atoms with van der Waals surface area (Å²) in [7, 11) is 1.91. The van der Waals surface area contributed by atoms with Gasteiger partial charge in [0, 0.05) is 12.5 Å². The van der Waals surface area contributed by atoms with E-state index in [0.717, 1.165) is 25.8 Å². The number of carbonyl (C=O) groups excluding carboxylic acids is 1. The molecule has 0 aromatic heterocycles. The van der Waals surface area contributed by atoms with Crippen LogP contribution < -0.4 is 5.32 Å². The second-order valence-corrected chi connectivity index (χ2v) is 3.84. The molecule has 0 aliphatic heterocycles. The fourth-order valence-corrected chi connectivity index (χ4v) is 1.25. The third kappa shape index (κ3) is 4.83. The van der Waals surface area contributed by atoms with Gasteiger partial charge in [-0.1, -0.05) is 0 Å². The van der Waals surface area contributed by atoms with Crippen molar-refractivity contribution in [3.63, 3.8) is 0 Å². The Bertz CT molecular complexity index is 230. The zero-order valence-electron chi connectivity index (χ0n) is 8.62. The number of carbonyl (C=O) groups is 1. The summed E-state index contributed by atoms with van der Waals surface area (Å²) in [5.41, 5.74) is 0. The van der Waals surface area contributed by atoms with Crippen LogP contribution in [0.3, 0.4) is 0 Å². The first-order valence-electron chi connectivity index (χ1n) is 5.07. The normalized spacial score (nSPS) is 15.2. The summed E-state index contributed by atoms with van der Waals surface area (Å²) >= 11 is 0. The predicted molar refractivity (Wildman–Crippen MR) is 53.5 cm³/mol. The van der Waals surface area contributed by atoms with Crippen LogP contribution in [0, 0.1) is 11.3 Å². The van der Waals surface area contributed by atoms with Crippen molar-refractivity contribution >= 4 is 5.91 Å². The predicted octanol–water partition coefficient (Wildman–Crippen LogP) is 0.501. The molecule has 0 saturated heterocycles. The fraction of sp³-hybridized carbons (Fsp3) is 0.800. The van der Waals surface area contributed by atoms with Gasteiger partial charge in [-0.2, -0.15) is 5.26 Å². The Hall–Kier alpha value is -1.08. The molecule has 0 radical (unpaired) electrons. The van der Waals surface area contributed by atoms with E-state index < -0.39 is 0 Å². The summed E-state index contributed by atoms with van der Waals surface area (Å²) < 4.78 is 0. The largest absolute Gasteiger partial charge is 0.352 e. The highest BCUT2D eigenvalue weighted by Crippen LogP contribution is 2.18. The number of nitrogens with zero attached hydrogens (tertiary/aromatic N) is 2. The SMILES string of the molecule is CN(CCCC#N)CC(=O)NC1CC1. The van der Waals surface area contributed by atoms with E-state index in [-0.39, 0.29) is 5.91 Å². The third-order valence-corrected chi connectivity index (χ3v) is 2.18. The standard InChI is InChI=1S/C10H17N3O/c1-13(7-3-2-6-11)8-10(14)12-9-4-5-9/h9H,2-5,7-8H2,1H3,(H,12,14). The molecule has 0 spiro atoms. The van der Waals surface area contributed by atoms with Crippen molar-refractivity contribution in [1.29, 1.82) is 5.26 Å². The highest BCUT2D eigenvalue weighted by molar-refractivity contribution is 5.78. The van der Waals surface area contributed by atoms with Crippen LogP contribution in [0.5, 0.6) is 0 Å². The van der Waals surface area contributed by atoms with Gasteiger partial charge >= 0.3 is 0 Å². The van der Waals surface area contributed by atoms with Gasteiger partial charge < -0.3 is 5.32 Å². The maximum atomic E-state index is 11.3. The molecule has 0 unspecified atom stereocenters. The van der Waals surface area contributed by atoms with Crippen molar-refractivity contribution in [3.8, 4) is 6.07 Å². The van der Waals surface area contributed by atoms with Gasteiger partial charge in [0.05, 0.1) is 12.6 Å². The van der Waals surface area contributed by atoms with Crippen LogP contribution in [0.15, 0.2) is 0 Å². The molecule has 1 N–H and O–H groups in total. The van der Waals surface area contributed by atoms with Crippen LogP contribution in [0.4, 0.5) is 0 Å². The zero-order chi connectivity index (χ0) is 10.4. The molecule has 0 heterocycles. The van der Waals surface area contributed by atoms with E-state index >= 15 is 0 Å². The topological polar surface area (TPSA) is 56.1 Å². The van der Waals surface area contributed by atoms with Crippen molar-refractivity contribution in [2.45, 2.75) is 31.7 Å². The van der Waals surface area contributed by atoms with E-state index in [1.807, 2.05) is 11.9 Å². The van der Waals surface area contributed by atoms with Gasteiger partial charge in [-0.15, -0.1) is 0 Å². The summed E-state index contributed by atoms with van der Waals surface area (Å²) in [5.74, 6) is 0.104. The molecule has 1 aliphatic carbocycles. The van der Waals surface area contributed by atoms with E-state index in [1.54, 1.807) is 0 Å². The molecule has 0 atom stereocenters. The molecule has 0 bridgehead atoms. The van der Waals surface area contributed by atoms with Gasteiger partial charge in [-0.25, -0.2) is 0 Å². The van der Waals surface area contributed by atoms with Gasteiger partial charge in [0.25, 0.3) is 0 Å². The molecule has 4 heteroatoms. The average molecular weight is 195 g/mol. The van der Waals surface area contributed by atoms with Crippen molar-refractivity contribution in [1.82, 2.24) is 10.2 Å². The Kier molecular flexibility index (Phi) is 4.41. The monoisotopic (exact) mass is 195 g/mol. The van der Waals surface area contributed by atoms with Crippen LogP contribution in [0.25, 0.3) is 0 Å². The van der Waals surface area contributed by atoms with Gasteiger partial charge in [0.2, 0.25) is 5.91 Å². The average Bonchev–Trinajstić information content (AvgIpc) is 2.88. The molecule has 1 aliphatic rings. The Balaban J connectivity index is 2.03. The summed E-state index contributed by atoms with van der Waals surface area (Å²) in [6.07, 6.45) is 3.66. The molecule has 4 nitrogen and oxygen atoms in total. The highest BCUT2D eigenvalue weighted by atomic mass is 16.2. The smallest absolute Gasteiger partial charge is 0.234 e. The second kappa shape index (κ2) is 5.61. The minimum Gasteiger partial charge on any atom is -0.352 e. The van der Waals surface area contributed by atoms with Crippen LogP contribution in [0.2, 0.25) is 0 Å². The van der Waals surface area contributed by atoms with Gasteiger partial charge in [0.1, 0.15) is 0 Å². The number of unbranched alkanes of at least 4 members (excludes halogenated alkanes) is 1. The van der Waals surface area contributed by atoms with E-state index in [0.29, 0.717) is 19.0 Å². The Morgan fingerprint density at radius 1 is 1.64 bits per heavy atom. The molecule has 1 fully saturated rings. The number of likely N-dealkylation sites (N-methyl/N-ethyl adjacent to an activating group) is 1. The third-order valence-electron chi connectivity index (χ3n) is 2.18. The number of amides is 1. The summed E-state index contributed by atoms with van der Waals surface area (Å²) in [5, 5.41) is 11.3. The lowest BCUT2D eigenvalue weighted by atomic mass is 10.3. The first-order chi connectivity index (χ1) is 6.72. The minimum absolute atomic E-state index is 0.104. The molecule has 14 heavy (non-hydrogen) atoms. The van der Waals surface area contributed by atoms with Gasteiger partial charge in [0.15, 0.2) is 0 Å². The summed E-state index contributed by atoms with van der Waals surface area (Å²) in [4.78, 5) is 13.3. The molecule has 78 valence electrons. The lowest BCUT2D eigenvalue weighted by Gasteiger charge is -2.14. The number of rotatable bonds is 6. The van der Waals surface area contributed by atoms with Crippen LogP contribution in [-0.2, 0) is 4.79 Å². The van der Waals surface area contributed by atoms with Crippen molar-refractivity contribution in [2.24, 2.45) is 0 Å². The quantitative estimate of drug-likeness (QED) is 0.628. The van der Waals surface area contributed by atoms with Crippen molar-refractivity contribution in [2.75, 3.05) is 20.1 Å². The molecule has 0 aromatic carbocycles. The maximum absolute atomic E-state index is 11.3. The molecule has 0 aromatic rings. The van der Waals surface area contributed by atoms with Crippen molar-refractivity contribution in [3.05, 3.63) is 0 Å². The molecular weight excluding hydrogens is 178 g/mol. The summed E-state index contributed by atoms with van der Waals surface area (Å²) in [6, 6.07) is 2.53. The first-order valence-corrected chi connectivity index (χ1v) is 5.07. The lowest BCUT2D eigenvalue weighted by molar-refractivity contribution is -0.122. The Morgan fingerprint density at radius 2 is 2.36 bits per heavy atom. The molecular formula is C10H17N3O. The Morgan fingerprint density at radius 3 is 2.93 bits per heavy atom. The molecule has 1 saturated carbocycles. The minimum atomic E-state index is 0.104. The van der Waals surface area contributed by atoms with Gasteiger partial charge in [-0.3, -0.25) is 9.69 Å². The molecule has 1 amide bonds. The maximum Gasteiger partial charge on any atom is 0.234 e. The van der Waals surface area contributed by atoms with E-state index in [4.69, 9.17) is 5.26 Å². The number of nitriles is 1. The number of hydrogen-bond donors (Lipinski definition) is 1. The fourth-order valence-electron chi connectivity index (χ4n) is 1.25. The number of hydrogen-bond acceptors (Lipinski definition) is 3.